The molecule has 0 aromatic heterocycles. The van der Waals surface area contributed by atoms with E-state index in [-0.39, 0.29) is 0 Å². The SMILES string of the molecule is CN1CCNC(CCN2CCNc3ccc(Br)cc32)C1. The van der Waals surface area contributed by atoms with Gasteiger partial charge in [0.25, 0.3) is 0 Å². The molecular weight excluding hydrogens is 316 g/mol. The number of anilines is 2. The standard InChI is InChI=1S/C15H23BrN4/c1-19-8-5-17-13(11-19)4-7-20-9-6-18-14-3-2-12(16)10-15(14)20/h2-3,10,13,17-18H,4-9,11H2,1H3. The molecule has 1 aromatic carbocycles. The van der Waals surface area contributed by atoms with Crippen molar-refractivity contribution in [3.05, 3.63) is 22.7 Å². The Morgan fingerprint density at radius 3 is 3.05 bits per heavy atom. The Labute approximate surface area is 129 Å². The third kappa shape index (κ3) is 3.27. The third-order valence-electron chi connectivity index (χ3n) is 4.20. The van der Waals surface area contributed by atoms with E-state index in [0.717, 1.165) is 37.2 Å². The fraction of sp³-hybridized carbons (Fsp3) is 0.600. The molecule has 5 heteroatoms. The number of hydrogen-bond donors (Lipinski definition) is 2. The van der Waals surface area contributed by atoms with Crippen molar-refractivity contribution in [3.63, 3.8) is 0 Å². The first-order valence-electron chi connectivity index (χ1n) is 7.43. The molecule has 3 rings (SSSR count). The smallest absolute Gasteiger partial charge is 0.0613 e. The van der Waals surface area contributed by atoms with E-state index in [1.54, 1.807) is 0 Å². The number of piperazine rings is 1. The maximum atomic E-state index is 3.63. The maximum absolute atomic E-state index is 3.63. The van der Waals surface area contributed by atoms with Crippen LogP contribution in [0.1, 0.15) is 6.42 Å². The van der Waals surface area contributed by atoms with Gasteiger partial charge in [0.05, 0.1) is 11.4 Å². The van der Waals surface area contributed by atoms with Gasteiger partial charge in [0.2, 0.25) is 0 Å². The molecular formula is C15H23BrN4. The summed E-state index contributed by atoms with van der Waals surface area (Å²) in [5.74, 6) is 0. The average Bonchev–Trinajstić information content (AvgIpc) is 2.45. The van der Waals surface area contributed by atoms with E-state index in [0.29, 0.717) is 6.04 Å². The summed E-state index contributed by atoms with van der Waals surface area (Å²) in [6.45, 7) is 6.69. The van der Waals surface area contributed by atoms with Crippen LogP contribution in [0.15, 0.2) is 22.7 Å². The molecule has 110 valence electrons. The minimum absolute atomic E-state index is 0.624. The number of nitrogens with zero attached hydrogens (tertiary/aromatic N) is 2. The lowest BCUT2D eigenvalue weighted by Gasteiger charge is -2.35. The first-order chi connectivity index (χ1) is 9.72. The van der Waals surface area contributed by atoms with Crippen LogP contribution < -0.4 is 15.5 Å². The minimum atomic E-state index is 0.624. The summed E-state index contributed by atoms with van der Waals surface area (Å²) in [7, 11) is 2.21. The van der Waals surface area contributed by atoms with Gasteiger partial charge >= 0.3 is 0 Å². The molecule has 0 bridgehead atoms. The number of rotatable bonds is 3. The van der Waals surface area contributed by atoms with Crippen molar-refractivity contribution in [2.45, 2.75) is 12.5 Å². The summed E-state index contributed by atoms with van der Waals surface area (Å²) in [6, 6.07) is 7.12. The average molecular weight is 339 g/mol. The predicted octanol–water partition coefficient (Wildman–Crippen LogP) is 1.97. The topological polar surface area (TPSA) is 30.5 Å². The fourth-order valence-corrected chi connectivity index (χ4v) is 3.44. The van der Waals surface area contributed by atoms with Crippen molar-refractivity contribution in [2.24, 2.45) is 0 Å². The van der Waals surface area contributed by atoms with E-state index in [2.05, 4.69) is 61.6 Å². The molecule has 0 saturated carbocycles. The van der Waals surface area contributed by atoms with Crippen LogP contribution in [-0.4, -0.2) is 57.3 Å². The van der Waals surface area contributed by atoms with Crippen LogP contribution in [0.25, 0.3) is 0 Å². The Morgan fingerprint density at radius 1 is 1.30 bits per heavy atom. The van der Waals surface area contributed by atoms with Gasteiger partial charge in [-0.15, -0.1) is 0 Å². The lowest BCUT2D eigenvalue weighted by molar-refractivity contribution is 0.233. The highest BCUT2D eigenvalue weighted by molar-refractivity contribution is 9.10. The molecule has 1 saturated heterocycles. The summed E-state index contributed by atoms with van der Waals surface area (Å²) >= 11 is 3.58. The van der Waals surface area contributed by atoms with Crippen molar-refractivity contribution in [2.75, 3.05) is 56.5 Å². The van der Waals surface area contributed by atoms with E-state index < -0.39 is 0 Å². The Balaban J connectivity index is 1.62. The van der Waals surface area contributed by atoms with Crippen LogP contribution in [0, 0.1) is 0 Å². The molecule has 2 aliphatic rings. The highest BCUT2D eigenvalue weighted by atomic mass is 79.9. The molecule has 0 radical (unpaired) electrons. The molecule has 2 heterocycles. The van der Waals surface area contributed by atoms with E-state index in [4.69, 9.17) is 0 Å². The highest BCUT2D eigenvalue weighted by Crippen LogP contribution is 2.32. The number of hydrogen-bond acceptors (Lipinski definition) is 4. The zero-order valence-corrected chi connectivity index (χ0v) is 13.6. The molecule has 2 N–H and O–H groups in total. The van der Waals surface area contributed by atoms with E-state index >= 15 is 0 Å². The fourth-order valence-electron chi connectivity index (χ4n) is 3.09. The quantitative estimate of drug-likeness (QED) is 0.882. The number of nitrogens with one attached hydrogen (secondary N) is 2. The van der Waals surface area contributed by atoms with E-state index in [1.165, 1.54) is 24.3 Å². The second-order valence-corrected chi connectivity index (χ2v) is 6.69. The second-order valence-electron chi connectivity index (χ2n) is 5.78. The first kappa shape index (κ1) is 14.2. The number of fused-ring (bicyclic) bond motifs is 1. The van der Waals surface area contributed by atoms with Gasteiger partial charge in [-0.2, -0.15) is 0 Å². The Bertz CT molecular complexity index is 465. The molecule has 1 unspecified atom stereocenters. The molecule has 0 spiro atoms. The molecule has 4 nitrogen and oxygen atoms in total. The van der Waals surface area contributed by atoms with Gasteiger partial charge in [0, 0.05) is 49.8 Å². The van der Waals surface area contributed by atoms with Gasteiger partial charge in [0.1, 0.15) is 0 Å². The normalized spacial score (nSPS) is 23.3. The summed E-state index contributed by atoms with van der Waals surface area (Å²) in [5.41, 5.74) is 2.59. The molecule has 1 atom stereocenters. The van der Waals surface area contributed by atoms with Crippen LogP contribution in [0.2, 0.25) is 0 Å². The molecule has 2 aliphatic heterocycles. The monoisotopic (exact) mass is 338 g/mol. The Morgan fingerprint density at radius 2 is 2.20 bits per heavy atom. The molecule has 0 aliphatic carbocycles. The van der Waals surface area contributed by atoms with Gasteiger partial charge in [-0.05, 0) is 31.7 Å². The van der Waals surface area contributed by atoms with Crippen LogP contribution in [0.5, 0.6) is 0 Å². The van der Waals surface area contributed by atoms with Crippen molar-refractivity contribution < 1.29 is 0 Å². The Hall–Kier alpha value is -0.780. The molecule has 0 amide bonds. The summed E-state index contributed by atoms with van der Waals surface area (Å²) in [6.07, 6.45) is 1.20. The largest absolute Gasteiger partial charge is 0.382 e. The van der Waals surface area contributed by atoms with Crippen molar-refractivity contribution in [1.82, 2.24) is 10.2 Å². The number of halogens is 1. The van der Waals surface area contributed by atoms with Crippen LogP contribution in [0.3, 0.4) is 0 Å². The van der Waals surface area contributed by atoms with E-state index in [9.17, 15) is 0 Å². The highest BCUT2D eigenvalue weighted by Gasteiger charge is 2.20. The molecule has 1 fully saturated rings. The van der Waals surface area contributed by atoms with Gasteiger partial charge in [-0.1, -0.05) is 15.9 Å². The summed E-state index contributed by atoms with van der Waals surface area (Å²) in [4.78, 5) is 4.93. The summed E-state index contributed by atoms with van der Waals surface area (Å²) in [5, 5.41) is 7.11. The lowest BCUT2D eigenvalue weighted by atomic mass is 10.1. The van der Waals surface area contributed by atoms with Crippen LogP contribution in [0.4, 0.5) is 11.4 Å². The minimum Gasteiger partial charge on any atom is -0.382 e. The first-order valence-corrected chi connectivity index (χ1v) is 8.22. The molecule has 1 aromatic rings. The number of benzene rings is 1. The van der Waals surface area contributed by atoms with Crippen molar-refractivity contribution >= 4 is 27.3 Å². The van der Waals surface area contributed by atoms with Gasteiger partial charge in [-0.25, -0.2) is 0 Å². The summed E-state index contributed by atoms with van der Waals surface area (Å²) < 4.78 is 1.15. The second kappa shape index (κ2) is 6.33. The predicted molar refractivity (Wildman–Crippen MR) is 88.7 cm³/mol. The van der Waals surface area contributed by atoms with Gasteiger partial charge in [0.15, 0.2) is 0 Å². The zero-order chi connectivity index (χ0) is 13.9. The van der Waals surface area contributed by atoms with E-state index in [1.807, 2.05) is 0 Å². The zero-order valence-electron chi connectivity index (χ0n) is 12.0. The Kier molecular flexibility index (Phi) is 4.48. The van der Waals surface area contributed by atoms with Crippen molar-refractivity contribution in [3.8, 4) is 0 Å². The van der Waals surface area contributed by atoms with Gasteiger partial charge in [-0.3, -0.25) is 0 Å². The lowest BCUT2D eigenvalue weighted by Crippen LogP contribution is -2.50. The molecule has 20 heavy (non-hydrogen) atoms. The van der Waals surface area contributed by atoms with Gasteiger partial charge < -0.3 is 20.4 Å². The van der Waals surface area contributed by atoms with Crippen LogP contribution >= 0.6 is 15.9 Å². The number of likely N-dealkylation sites (N-methyl/N-ethyl adjacent to an activating group) is 1. The maximum Gasteiger partial charge on any atom is 0.0613 e. The third-order valence-corrected chi connectivity index (χ3v) is 4.70. The van der Waals surface area contributed by atoms with Crippen LogP contribution in [-0.2, 0) is 0 Å². The van der Waals surface area contributed by atoms with Crippen molar-refractivity contribution in [1.29, 1.82) is 0 Å².